The van der Waals surface area contributed by atoms with Crippen molar-refractivity contribution >= 4 is 29.7 Å². The highest BCUT2D eigenvalue weighted by Crippen LogP contribution is 2.21. The summed E-state index contributed by atoms with van der Waals surface area (Å²) in [5.74, 6) is -2.25. The smallest absolute Gasteiger partial charge is 0.302 e. The van der Waals surface area contributed by atoms with Crippen LogP contribution in [-0.2, 0) is 16.0 Å². The molecule has 0 unspecified atom stereocenters. The number of imide groups is 2. The zero-order chi connectivity index (χ0) is 19.2. The molecule has 7 nitrogen and oxygen atoms in total. The number of likely N-dealkylation sites (tertiary alicyclic amines) is 1. The van der Waals surface area contributed by atoms with Gasteiger partial charge in [-0.3, -0.25) is 19.9 Å². The quantitative estimate of drug-likeness (QED) is 0.613. The van der Waals surface area contributed by atoms with Crippen molar-refractivity contribution in [3.05, 3.63) is 29.8 Å². The second kappa shape index (κ2) is 8.90. The zero-order valence-electron chi connectivity index (χ0n) is 15.7. The normalized spacial score (nSPS) is 21.7. The number of nitrogens with zero attached hydrogens (tertiary/aromatic N) is 3. The van der Waals surface area contributed by atoms with Gasteiger partial charge in [-0.2, -0.15) is 0 Å². The number of rotatable bonds is 6. The lowest BCUT2D eigenvalue weighted by Gasteiger charge is -2.28. The van der Waals surface area contributed by atoms with Gasteiger partial charge in [0.05, 0.1) is 12.2 Å². The van der Waals surface area contributed by atoms with Crippen LogP contribution in [0, 0.1) is 5.92 Å². The van der Waals surface area contributed by atoms with Gasteiger partial charge in [0.15, 0.2) is 5.92 Å². The lowest BCUT2D eigenvalue weighted by Crippen LogP contribution is -2.58. The third-order valence-electron chi connectivity index (χ3n) is 5.05. The third-order valence-corrected chi connectivity index (χ3v) is 5.05. The average molecular weight is 370 g/mol. The summed E-state index contributed by atoms with van der Waals surface area (Å²) in [6.07, 6.45) is 5.94. The number of benzene rings is 1. The molecular formula is C20H26N4O3. The molecule has 1 aromatic rings. The Labute approximate surface area is 159 Å². The second-order valence-electron chi connectivity index (χ2n) is 6.92. The Bertz CT molecular complexity index is 723. The van der Waals surface area contributed by atoms with Gasteiger partial charge in [0.1, 0.15) is 0 Å². The number of hydrogen-bond donors (Lipinski definition) is 1. The lowest BCUT2D eigenvalue weighted by atomic mass is 10.1. The van der Waals surface area contributed by atoms with E-state index in [2.05, 4.69) is 15.2 Å². The number of carbonyl (C=O) groups is 3. The average Bonchev–Trinajstić information content (AvgIpc) is 2.68. The van der Waals surface area contributed by atoms with Crippen LogP contribution in [0.3, 0.4) is 0 Å². The first-order valence-corrected chi connectivity index (χ1v) is 9.60. The first-order valence-electron chi connectivity index (χ1n) is 9.60. The van der Waals surface area contributed by atoms with Gasteiger partial charge in [-0.05, 0) is 50.0 Å². The summed E-state index contributed by atoms with van der Waals surface area (Å²) in [5.41, 5.74) is 1.56. The summed E-state index contributed by atoms with van der Waals surface area (Å²) in [4.78, 5) is 44.7. The Morgan fingerprint density at radius 3 is 2.48 bits per heavy atom. The van der Waals surface area contributed by atoms with Crippen molar-refractivity contribution in [1.82, 2.24) is 10.2 Å². The van der Waals surface area contributed by atoms with Gasteiger partial charge < -0.3 is 4.90 Å². The first-order chi connectivity index (χ1) is 13.1. The monoisotopic (exact) mass is 370 g/mol. The van der Waals surface area contributed by atoms with E-state index in [-0.39, 0.29) is 0 Å². The van der Waals surface area contributed by atoms with Crippen LogP contribution < -0.4 is 10.2 Å². The van der Waals surface area contributed by atoms with Gasteiger partial charge in [0, 0.05) is 12.8 Å². The largest absolute Gasteiger partial charge is 0.335 e. The fourth-order valence-electron chi connectivity index (χ4n) is 3.41. The summed E-state index contributed by atoms with van der Waals surface area (Å²) in [6, 6.07) is 6.46. The van der Waals surface area contributed by atoms with Crippen molar-refractivity contribution in [1.29, 1.82) is 0 Å². The summed E-state index contributed by atoms with van der Waals surface area (Å²) in [6.45, 7) is 5.54. The van der Waals surface area contributed by atoms with Gasteiger partial charge in [-0.1, -0.05) is 25.5 Å². The van der Waals surface area contributed by atoms with Crippen LogP contribution in [0.15, 0.2) is 29.3 Å². The van der Waals surface area contributed by atoms with Crippen LogP contribution in [0.2, 0.25) is 0 Å². The Hall–Kier alpha value is -2.54. The second-order valence-corrected chi connectivity index (χ2v) is 6.92. The molecule has 0 radical (unpaired) electrons. The van der Waals surface area contributed by atoms with Crippen LogP contribution in [0.4, 0.5) is 10.5 Å². The molecule has 2 aliphatic heterocycles. The number of nitrogens with one attached hydrogen (secondary N) is 1. The molecule has 2 heterocycles. The van der Waals surface area contributed by atoms with E-state index in [9.17, 15) is 14.4 Å². The molecule has 2 saturated heterocycles. The van der Waals surface area contributed by atoms with Crippen molar-refractivity contribution in [3.63, 3.8) is 0 Å². The van der Waals surface area contributed by atoms with Gasteiger partial charge in [0.2, 0.25) is 5.91 Å². The number of carbonyl (C=O) groups excluding carboxylic acids is 3. The molecule has 7 heteroatoms. The van der Waals surface area contributed by atoms with Crippen LogP contribution in [0.5, 0.6) is 0 Å². The fraction of sp³-hybridized carbons (Fsp3) is 0.500. The fourth-order valence-corrected chi connectivity index (χ4v) is 3.41. The number of anilines is 1. The number of barbiturate groups is 1. The molecule has 1 atom stereocenters. The molecule has 4 amide bonds. The maximum absolute atomic E-state index is 12.7. The Balaban J connectivity index is 1.65. The minimum atomic E-state index is -1.07. The number of piperidine rings is 1. The van der Waals surface area contributed by atoms with Crippen molar-refractivity contribution in [2.45, 2.75) is 32.6 Å². The van der Waals surface area contributed by atoms with E-state index in [1.54, 1.807) is 12.1 Å². The molecule has 3 rings (SSSR count). The number of hydrogen-bond acceptors (Lipinski definition) is 5. The molecule has 1 aromatic carbocycles. The van der Waals surface area contributed by atoms with Crippen molar-refractivity contribution in [3.8, 4) is 0 Å². The van der Waals surface area contributed by atoms with Crippen molar-refractivity contribution in [2.24, 2.45) is 10.9 Å². The van der Waals surface area contributed by atoms with Crippen LogP contribution >= 0.6 is 0 Å². The Morgan fingerprint density at radius 2 is 1.81 bits per heavy atom. The molecule has 0 saturated carbocycles. The molecule has 1 N–H and O–H groups in total. The van der Waals surface area contributed by atoms with Crippen molar-refractivity contribution in [2.75, 3.05) is 31.1 Å². The lowest BCUT2D eigenvalue weighted by molar-refractivity contribution is -0.131. The highest BCUT2D eigenvalue weighted by atomic mass is 16.2. The minimum absolute atomic E-state index is 0.453. The van der Waals surface area contributed by atoms with Gasteiger partial charge in [-0.15, -0.1) is 0 Å². The van der Waals surface area contributed by atoms with E-state index in [1.165, 1.54) is 25.5 Å². The van der Waals surface area contributed by atoms with Gasteiger partial charge in [-0.25, -0.2) is 9.69 Å². The zero-order valence-corrected chi connectivity index (χ0v) is 15.7. The van der Waals surface area contributed by atoms with Gasteiger partial charge in [0.25, 0.3) is 5.91 Å². The highest BCUT2D eigenvalue weighted by Gasteiger charge is 2.40. The topological polar surface area (TPSA) is 82.1 Å². The predicted octanol–water partition coefficient (Wildman–Crippen LogP) is 2.00. The summed E-state index contributed by atoms with van der Waals surface area (Å²) in [5, 5.41) is 2.25. The summed E-state index contributed by atoms with van der Waals surface area (Å²) < 4.78 is 0. The number of amides is 4. The number of aliphatic imine (C=N–C) groups is 1. The molecule has 2 aliphatic rings. The Morgan fingerprint density at radius 1 is 1.11 bits per heavy atom. The standard InChI is InChI=1S/C20H26N4O3/c1-2-15-6-8-16(9-7-15)24-19(26)17(18(25)22-20(24)27)14-21-10-13-23-11-4-3-5-12-23/h6-9,14,17H,2-5,10-13H2,1H3,(H,22,25,27)/t17-/m1/s1. The van der Waals surface area contributed by atoms with Crippen molar-refractivity contribution < 1.29 is 14.4 Å². The highest BCUT2D eigenvalue weighted by molar-refractivity contribution is 6.32. The number of aryl methyl sites for hydroxylation is 1. The van der Waals surface area contributed by atoms with Crippen LogP contribution in [0.25, 0.3) is 0 Å². The minimum Gasteiger partial charge on any atom is -0.302 e. The molecule has 0 aromatic heterocycles. The molecule has 0 bridgehead atoms. The first kappa shape index (κ1) is 19.2. The SMILES string of the molecule is CCc1ccc(N2C(=O)NC(=O)[C@@H](C=NCCN3CCCCC3)C2=O)cc1. The molecule has 0 spiro atoms. The van der Waals surface area contributed by atoms with Crippen LogP contribution in [-0.4, -0.2) is 55.1 Å². The van der Waals surface area contributed by atoms with E-state index in [0.29, 0.717) is 12.2 Å². The van der Waals surface area contributed by atoms with E-state index >= 15 is 0 Å². The Kier molecular flexibility index (Phi) is 6.34. The van der Waals surface area contributed by atoms with E-state index in [1.807, 2.05) is 19.1 Å². The van der Waals surface area contributed by atoms with E-state index < -0.39 is 23.8 Å². The number of urea groups is 1. The van der Waals surface area contributed by atoms with E-state index in [4.69, 9.17) is 0 Å². The maximum Gasteiger partial charge on any atom is 0.335 e. The third kappa shape index (κ3) is 4.60. The molecular weight excluding hydrogens is 344 g/mol. The van der Waals surface area contributed by atoms with E-state index in [0.717, 1.165) is 36.5 Å². The molecule has 2 fully saturated rings. The molecule has 27 heavy (non-hydrogen) atoms. The van der Waals surface area contributed by atoms with Crippen LogP contribution in [0.1, 0.15) is 31.7 Å². The summed E-state index contributed by atoms with van der Waals surface area (Å²) in [7, 11) is 0. The predicted molar refractivity (Wildman–Crippen MR) is 104 cm³/mol. The molecule has 0 aliphatic carbocycles. The molecule has 144 valence electrons. The summed E-state index contributed by atoms with van der Waals surface area (Å²) >= 11 is 0. The maximum atomic E-state index is 12.7. The van der Waals surface area contributed by atoms with Gasteiger partial charge >= 0.3 is 6.03 Å².